The highest BCUT2D eigenvalue weighted by Gasteiger charge is 2.38. The van der Waals surface area contributed by atoms with Crippen LogP contribution in [0.2, 0.25) is 0 Å². The molecular weight excluding hydrogens is 330 g/mol. The van der Waals surface area contributed by atoms with Crippen molar-refractivity contribution < 1.29 is 14.3 Å². The van der Waals surface area contributed by atoms with E-state index in [4.69, 9.17) is 26.8 Å². The first-order chi connectivity index (χ1) is 11.7. The van der Waals surface area contributed by atoms with Crippen LogP contribution in [0.25, 0.3) is 0 Å². The van der Waals surface area contributed by atoms with Gasteiger partial charge in [-0.1, -0.05) is 30.3 Å². The quantitative estimate of drug-likeness (QED) is 0.677. The van der Waals surface area contributed by atoms with Crippen LogP contribution < -0.4 is 10.5 Å². The maximum atomic E-state index is 12.6. The number of allylic oxidation sites excluding steroid dienone is 1. The van der Waals surface area contributed by atoms with E-state index in [1.165, 1.54) is 6.33 Å². The zero-order chi connectivity index (χ0) is 17.1. The van der Waals surface area contributed by atoms with Crippen LogP contribution in [0, 0.1) is 0 Å². The van der Waals surface area contributed by atoms with E-state index in [1.54, 1.807) is 6.92 Å². The Labute approximate surface area is 144 Å². The van der Waals surface area contributed by atoms with Crippen molar-refractivity contribution in [2.45, 2.75) is 12.8 Å². The molecule has 1 aromatic heterocycles. The second-order valence-corrected chi connectivity index (χ2v) is 5.38. The Morgan fingerprint density at radius 2 is 2.08 bits per heavy atom. The SMILES string of the molecule is CCOC(=O)C1=C(CCl)Oc2ncnc(N)c2[C@H]1c1ccccc1. The molecule has 0 spiro atoms. The van der Waals surface area contributed by atoms with Gasteiger partial charge < -0.3 is 15.2 Å². The smallest absolute Gasteiger partial charge is 0.338 e. The molecule has 3 rings (SSSR count). The van der Waals surface area contributed by atoms with Crippen molar-refractivity contribution in [3.8, 4) is 5.88 Å². The highest BCUT2D eigenvalue weighted by molar-refractivity contribution is 6.19. The predicted molar refractivity (Wildman–Crippen MR) is 89.7 cm³/mol. The summed E-state index contributed by atoms with van der Waals surface area (Å²) >= 11 is 6.01. The molecular formula is C17H16ClN3O3. The summed E-state index contributed by atoms with van der Waals surface area (Å²) < 4.78 is 10.9. The molecule has 2 heterocycles. The molecule has 0 saturated carbocycles. The minimum atomic E-state index is -0.496. The number of carbonyl (C=O) groups excluding carboxylic acids is 1. The standard InChI is InChI=1S/C17H16ClN3O3/c1-2-23-17(22)13-11(8-18)24-16-14(15(19)20-9-21-16)12(13)10-6-4-3-5-7-10/h3-7,9,12H,2,8H2,1H3,(H2,19,20,21)/t12-/m0/s1. The summed E-state index contributed by atoms with van der Waals surface area (Å²) in [6.07, 6.45) is 1.32. The Hall–Kier alpha value is -2.60. The Kier molecular flexibility index (Phi) is 4.66. The van der Waals surface area contributed by atoms with E-state index in [2.05, 4.69) is 9.97 Å². The minimum absolute atomic E-state index is 0.0147. The van der Waals surface area contributed by atoms with Gasteiger partial charge in [0.05, 0.1) is 29.5 Å². The zero-order valence-corrected chi connectivity index (χ0v) is 13.8. The molecule has 1 aromatic carbocycles. The number of nitrogen functional groups attached to an aromatic ring is 1. The lowest BCUT2D eigenvalue weighted by Crippen LogP contribution is -2.26. The fourth-order valence-electron chi connectivity index (χ4n) is 2.74. The van der Waals surface area contributed by atoms with E-state index < -0.39 is 11.9 Å². The van der Waals surface area contributed by atoms with Gasteiger partial charge in [-0.2, -0.15) is 0 Å². The minimum Gasteiger partial charge on any atom is -0.463 e. The van der Waals surface area contributed by atoms with E-state index in [1.807, 2.05) is 30.3 Å². The molecule has 1 aliphatic rings. The third-order valence-electron chi connectivity index (χ3n) is 3.73. The Bertz CT molecular complexity index is 793. The monoisotopic (exact) mass is 345 g/mol. The van der Waals surface area contributed by atoms with Gasteiger partial charge >= 0.3 is 5.97 Å². The van der Waals surface area contributed by atoms with Crippen LogP contribution in [-0.2, 0) is 9.53 Å². The number of nitrogens with zero attached hydrogens (tertiary/aromatic N) is 2. The molecule has 0 radical (unpaired) electrons. The first-order valence-electron chi connectivity index (χ1n) is 7.46. The highest BCUT2D eigenvalue weighted by Crippen LogP contribution is 2.44. The molecule has 0 amide bonds. The maximum Gasteiger partial charge on any atom is 0.338 e. The molecule has 7 heteroatoms. The van der Waals surface area contributed by atoms with Crippen molar-refractivity contribution >= 4 is 23.4 Å². The summed E-state index contributed by atoms with van der Waals surface area (Å²) in [7, 11) is 0. The number of aromatic nitrogens is 2. The highest BCUT2D eigenvalue weighted by atomic mass is 35.5. The normalized spacial score (nSPS) is 16.3. The zero-order valence-electron chi connectivity index (χ0n) is 13.0. The number of esters is 1. The molecule has 6 nitrogen and oxygen atoms in total. The average molecular weight is 346 g/mol. The Balaban J connectivity index is 2.25. The van der Waals surface area contributed by atoms with Gasteiger partial charge in [0.1, 0.15) is 17.9 Å². The second-order valence-electron chi connectivity index (χ2n) is 5.11. The Morgan fingerprint density at radius 3 is 2.75 bits per heavy atom. The topological polar surface area (TPSA) is 87.3 Å². The fourth-order valence-corrected chi connectivity index (χ4v) is 2.94. The lowest BCUT2D eigenvalue weighted by Gasteiger charge is -2.29. The number of alkyl halides is 1. The van der Waals surface area contributed by atoms with Crippen LogP contribution in [0.5, 0.6) is 5.88 Å². The van der Waals surface area contributed by atoms with Crippen molar-refractivity contribution in [1.82, 2.24) is 9.97 Å². The van der Waals surface area contributed by atoms with Crippen LogP contribution in [-0.4, -0.2) is 28.4 Å². The van der Waals surface area contributed by atoms with Crippen LogP contribution in [0.4, 0.5) is 5.82 Å². The first kappa shape index (κ1) is 16.3. The summed E-state index contributed by atoms with van der Waals surface area (Å²) in [5, 5.41) is 0. The molecule has 0 aliphatic carbocycles. The first-order valence-corrected chi connectivity index (χ1v) is 8.00. The summed E-state index contributed by atoms with van der Waals surface area (Å²) in [6.45, 7) is 1.98. The Morgan fingerprint density at radius 1 is 1.33 bits per heavy atom. The van der Waals surface area contributed by atoms with E-state index >= 15 is 0 Å². The lowest BCUT2D eigenvalue weighted by atomic mass is 9.83. The number of nitrogens with two attached hydrogens (primary N) is 1. The van der Waals surface area contributed by atoms with Crippen molar-refractivity contribution in [2.24, 2.45) is 0 Å². The van der Waals surface area contributed by atoms with Crippen LogP contribution in [0.1, 0.15) is 24.0 Å². The fraction of sp³-hybridized carbons (Fsp3) is 0.235. The summed E-state index contributed by atoms with van der Waals surface area (Å²) in [5.74, 6) is -0.0976. The van der Waals surface area contributed by atoms with Crippen LogP contribution >= 0.6 is 11.6 Å². The van der Waals surface area contributed by atoms with Gasteiger partial charge in [-0.3, -0.25) is 0 Å². The van der Waals surface area contributed by atoms with Crippen molar-refractivity contribution in [3.63, 3.8) is 0 Å². The molecule has 24 heavy (non-hydrogen) atoms. The molecule has 0 fully saturated rings. The molecule has 0 bridgehead atoms. The molecule has 0 saturated heterocycles. The summed E-state index contributed by atoms with van der Waals surface area (Å²) in [5.41, 5.74) is 7.78. The van der Waals surface area contributed by atoms with Gasteiger partial charge in [-0.15, -0.1) is 11.6 Å². The van der Waals surface area contributed by atoms with Crippen molar-refractivity contribution in [2.75, 3.05) is 18.2 Å². The van der Waals surface area contributed by atoms with E-state index in [-0.39, 0.29) is 18.3 Å². The van der Waals surface area contributed by atoms with Gasteiger partial charge in [0.2, 0.25) is 5.88 Å². The molecule has 1 aliphatic heterocycles. The van der Waals surface area contributed by atoms with Gasteiger partial charge in [0.15, 0.2) is 0 Å². The lowest BCUT2D eigenvalue weighted by molar-refractivity contribution is -0.139. The molecule has 2 N–H and O–H groups in total. The van der Waals surface area contributed by atoms with E-state index in [9.17, 15) is 4.79 Å². The second kappa shape index (κ2) is 6.88. The maximum absolute atomic E-state index is 12.6. The number of rotatable bonds is 4. The van der Waals surface area contributed by atoms with Crippen LogP contribution in [0.15, 0.2) is 48.0 Å². The average Bonchev–Trinajstić information content (AvgIpc) is 2.61. The van der Waals surface area contributed by atoms with Crippen molar-refractivity contribution in [3.05, 3.63) is 59.1 Å². The van der Waals surface area contributed by atoms with Gasteiger partial charge in [-0.25, -0.2) is 14.8 Å². The third kappa shape index (κ3) is 2.80. The molecule has 124 valence electrons. The number of carbonyl (C=O) groups is 1. The third-order valence-corrected chi connectivity index (χ3v) is 3.97. The number of benzene rings is 1. The number of hydrogen-bond donors (Lipinski definition) is 1. The van der Waals surface area contributed by atoms with Crippen LogP contribution in [0.3, 0.4) is 0 Å². The van der Waals surface area contributed by atoms with Crippen molar-refractivity contribution in [1.29, 1.82) is 0 Å². The van der Waals surface area contributed by atoms with Gasteiger partial charge in [0.25, 0.3) is 0 Å². The van der Waals surface area contributed by atoms with Gasteiger partial charge in [0, 0.05) is 0 Å². The summed E-state index contributed by atoms with van der Waals surface area (Å²) in [4.78, 5) is 20.7. The number of fused-ring (bicyclic) bond motifs is 1. The van der Waals surface area contributed by atoms with E-state index in [0.29, 0.717) is 22.8 Å². The van der Waals surface area contributed by atoms with Gasteiger partial charge in [-0.05, 0) is 12.5 Å². The number of anilines is 1. The summed E-state index contributed by atoms with van der Waals surface area (Å²) in [6, 6.07) is 9.46. The molecule has 0 unspecified atom stereocenters. The number of halogens is 1. The number of ether oxygens (including phenoxy) is 2. The number of hydrogen-bond acceptors (Lipinski definition) is 6. The van der Waals surface area contributed by atoms with E-state index in [0.717, 1.165) is 5.56 Å². The predicted octanol–water partition coefficient (Wildman–Crippen LogP) is 2.64. The molecule has 1 atom stereocenters. The molecule has 2 aromatic rings. The largest absolute Gasteiger partial charge is 0.463 e.